The Bertz CT molecular complexity index is 1040. The van der Waals surface area contributed by atoms with E-state index in [0.717, 1.165) is 5.56 Å². The van der Waals surface area contributed by atoms with E-state index in [4.69, 9.17) is 12.2 Å². The summed E-state index contributed by atoms with van der Waals surface area (Å²) in [6.45, 7) is 5.98. The lowest BCUT2D eigenvalue weighted by molar-refractivity contribution is -0.122. The fourth-order valence-corrected chi connectivity index (χ4v) is 4.35. The number of thioether (sulfide) groups is 1. The minimum atomic E-state index is -0.224. The van der Waals surface area contributed by atoms with Gasteiger partial charge in [-0.05, 0) is 54.3 Å². The van der Waals surface area contributed by atoms with Crippen molar-refractivity contribution in [1.82, 2.24) is 4.90 Å². The van der Waals surface area contributed by atoms with Gasteiger partial charge in [-0.15, -0.1) is 0 Å². The average Bonchev–Trinajstić information content (AvgIpc) is 2.99. The van der Waals surface area contributed by atoms with Crippen LogP contribution in [-0.2, 0) is 9.59 Å². The summed E-state index contributed by atoms with van der Waals surface area (Å²) in [5, 5.41) is 2.77. The number of carbonyl (C=O) groups is 3. The highest BCUT2D eigenvalue weighted by Gasteiger charge is 2.32. The molecule has 3 rings (SSSR count). The normalized spacial score (nSPS) is 15.1. The number of rotatable bonds is 7. The van der Waals surface area contributed by atoms with Crippen LogP contribution in [0.5, 0.6) is 0 Å². The zero-order valence-corrected chi connectivity index (χ0v) is 19.3. The molecular formula is C24H24N2O3S2. The van der Waals surface area contributed by atoms with Gasteiger partial charge in [0.2, 0.25) is 5.91 Å². The van der Waals surface area contributed by atoms with Gasteiger partial charge in [-0.1, -0.05) is 62.1 Å². The highest BCUT2D eigenvalue weighted by atomic mass is 32.2. The number of thiocarbonyl (C=S) groups is 1. The van der Waals surface area contributed by atoms with E-state index in [1.807, 2.05) is 18.2 Å². The number of amides is 2. The van der Waals surface area contributed by atoms with E-state index in [0.29, 0.717) is 26.4 Å². The van der Waals surface area contributed by atoms with Gasteiger partial charge in [0.25, 0.3) is 5.91 Å². The van der Waals surface area contributed by atoms with E-state index in [-0.39, 0.29) is 30.6 Å². The molecule has 1 aliphatic rings. The summed E-state index contributed by atoms with van der Waals surface area (Å²) in [7, 11) is 0. The first-order valence-corrected chi connectivity index (χ1v) is 11.2. The molecule has 0 radical (unpaired) electrons. The van der Waals surface area contributed by atoms with Gasteiger partial charge < -0.3 is 5.32 Å². The van der Waals surface area contributed by atoms with Gasteiger partial charge in [0.15, 0.2) is 5.78 Å². The Kier molecular flexibility index (Phi) is 7.41. The quantitative estimate of drug-likeness (QED) is 0.353. The summed E-state index contributed by atoms with van der Waals surface area (Å²) in [5.41, 5.74) is 3.37. The standard InChI is InChI=1S/C24H24N2O3S2/c1-15(2)18-6-4-17(5-7-18)14-21-23(29)26(24(30)31-21)13-12-22(28)25-20-10-8-19(9-11-20)16(3)27/h4-11,14-15H,12-13H2,1-3H3,(H,25,28). The Labute approximate surface area is 191 Å². The van der Waals surface area contributed by atoms with Crippen LogP contribution in [-0.4, -0.2) is 33.4 Å². The maximum absolute atomic E-state index is 12.8. The number of nitrogens with zero attached hydrogens (tertiary/aromatic N) is 1. The molecule has 1 aliphatic heterocycles. The monoisotopic (exact) mass is 452 g/mol. The highest BCUT2D eigenvalue weighted by Crippen LogP contribution is 2.32. The van der Waals surface area contributed by atoms with Crippen LogP contribution in [0.1, 0.15) is 54.6 Å². The molecule has 0 atom stereocenters. The van der Waals surface area contributed by atoms with E-state index in [2.05, 4.69) is 31.3 Å². The average molecular weight is 453 g/mol. The van der Waals surface area contributed by atoms with Crippen LogP contribution in [0, 0.1) is 0 Å². The Morgan fingerprint density at radius 2 is 1.74 bits per heavy atom. The summed E-state index contributed by atoms with van der Waals surface area (Å²) in [5.74, 6) is 0.0149. The molecule has 1 saturated heterocycles. The molecule has 0 saturated carbocycles. The van der Waals surface area contributed by atoms with Gasteiger partial charge in [-0.2, -0.15) is 0 Å². The van der Waals surface area contributed by atoms with Crippen molar-refractivity contribution in [2.75, 3.05) is 11.9 Å². The predicted octanol–water partition coefficient (Wildman–Crippen LogP) is 5.24. The van der Waals surface area contributed by atoms with E-state index in [9.17, 15) is 14.4 Å². The Morgan fingerprint density at radius 1 is 1.10 bits per heavy atom. The molecule has 2 aromatic rings. The second-order valence-corrected chi connectivity index (χ2v) is 9.26. The lowest BCUT2D eigenvalue weighted by Gasteiger charge is -2.14. The highest BCUT2D eigenvalue weighted by molar-refractivity contribution is 8.26. The molecule has 5 nitrogen and oxygen atoms in total. The molecule has 7 heteroatoms. The lowest BCUT2D eigenvalue weighted by Crippen LogP contribution is -2.31. The summed E-state index contributed by atoms with van der Waals surface area (Å²) >= 11 is 6.60. The number of ketones is 1. The van der Waals surface area contributed by atoms with Crippen molar-refractivity contribution in [3.05, 3.63) is 70.1 Å². The predicted molar refractivity (Wildman–Crippen MR) is 130 cm³/mol. The van der Waals surface area contributed by atoms with Gasteiger partial charge in [-0.25, -0.2) is 0 Å². The Balaban J connectivity index is 1.58. The number of Topliss-reactive ketones (excluding diaryl/α,β-unsaturated/α-hetero) is 1. The largest absolute Gasteiger partial charge is 0.326 e. The molecule has 160 valence electrons. The molecule has 1 fully saturated rings. The molecule has 1 heterocycles. The lowest BCUT2D eigenvalue weighted by atomic mass is 10.0. The number of hydrogen-bond donors (Lipinski definition) is 1. The fraction of sp³-hybridized carbons (Fsp3) is 0.250. The molecule has 0 bridgehead atoms. The smallest absolute Gasteiger partial charge is 0.266 e. The molecule has 0 aromatic heterocycles. The van der Waals surface area contributed by atoms with Crippen LogP contribution >= 0.6 is 24.0 Å². The topological polar surface area (TPSA) is 66.5 Å². The SMILES string of the molecule is CC(=O)c1ccc(NC(=O)CCN2C(=O)C(=Cc3ccc(C(C)C)cc3)SC2=S)cc1. The molecule has 0 unspecified atom stereocenters. The van der Waals surface area contributed by atoms with Crippen LogP contribution in [0.2, 0.25) is 0 Å². The molecule has 0 spiro atoms. The van der Waals surface area contributed by atoms with Crippen molar-refractivity contribution < 1.29 is 14.4 Å². The number of benzene rings is 2. The summed E-state index contributed by atoms with van der Waals surface area (Å²) < 4.78 is 0.452. The third kappa shape index (κ3) is 5.89. The zero-order chi connectivity index (χ0) is 22.5. The van der Waals surface area contributed by atoms with Crippen LogP contribution in [0.3, 0.4) is 0 Å². The molecule has 1 N–H and O–H groups in total. The summed E-state index contributed by atoms with van der Waals surface area (Å²) in [4.78, 5) is 38.4. The third-order valence-electron chi connectivity index (χ3n) is 4.91. The van der Waals surface area contributed by atoms with Crippen LogP contribution in [0.4, 0.5) is 5.69 Å². The number of carbonyl (C=O) groups excluding carboxylic acids is 3. The zero-order valence-electron chi connectivity index (χ0n) is 17.7. The van der Waals surface area contributed by atoms with E-state index in [1.165, 1.54) is 29.1 Å². The van der Waals surface area contributed by atoms with E-state index < -0.39 is 0 Å². The number of hydrogen-bond acceptors (Lipinski definition) is 5. The van der Waals surface area contributed by atoms with E-state index in [1.54, 1.807) is 24.3 Å². The second-order valence-electron chi connectivity index (χ2n) is 7.59. The van der Waals surface area contributed by atoms with Crippen molar-refractivity contribution in [1.29, 1.82) is 0 Å². The first-order chi connectivity index (χ1) is 14.7. The van der Waals surface area contributed by atoms with Crippen LogP contribution < -0.4 is 5.32 Å². The van der Waals surface area contributed by atoms with Crippen molar-refractivity contribution >= 4 is 57.7 Å². The Hall–Kier alpha value is -2.77. The van der Waals surface area contributed by atoms with Crippen molar-refractivity contribution in [2.24, 2.45) is 0 Å². The van der Waals surface area contributed by atoms with Crippen LogP contribution in [0.25, 0.3) is 6.08 Å². The number of nitrogens with one attached hydrogen (secondary N) is 1. The first-order valence-electron chi connectivity index (χ1n) is 10.0. The van der Waals surface area contributed by atoms with Crippen LogP contribution in [0.15, 0.2) is 53.4 Å². The molecular weight excluding hydrogens is 428 g/mol. The molecule has 31 heavy (non-hydrogen) atoms. The maximum Gasteiger partial charge on any atom is 0.266 e. The van der Waals surface area contributed by atoms with Gasteiger partial charge >= 0.3 is 0 Å². The molecule has 0 aliphatic carbocycles. The Morgan fingerprint density at radius 3 is 2.32 bits per heavy atom. The first kappa shape index (κ1) is 22.9. The van der Waals surface area contributed by atoms with Crippen molar-refractivity contribution in [2.45, 2.75) is 33.1 Å². The van der Waals surface area contributed by atoms with Gasteiger partial charge in [0, 0.05) is 24.2 Å². The summed E-state index contributed by atoms with van der Waals surface area (Å²) in [6, 6.07) is 14.8. The number of anilines is 1. The minimum Gasteiger partial charge on any atom is -0.326 e. The van der Waals surface area contributed by atoms with Gasteiger partial charge in [0.1, 0.15) is 4.32 Å². The second kappa shape index (κ2) is 10.0. The molecule has 2 amide bonds. The summed E-state index contributed by atoms with van der Waals surface area (Å²) in [6.07, 6.45) is 1.96. The van der Waals surface area contributed by atoms with Crippen molar-refractivity contribution in [3.8, 4) is 0 Å². The van der Waals surface area contributed by atoms with Gasteiger partial charge in [0.05, 0.1) is 4.91 Å². The van der Waals surface area contributed by atoms with Crippen molar-refractivity contribution in [3.63, 3.8) is 0 Å². The maximum atomic E-state index is 12.8. The van der Waals surface area contributed by atoms with Gasteiger partial charge in [-0.3, -0.25) is 19.3 Å². The van der Waals surface area contributed by atoms with E-state index >= 15 is 0 Å². The third-order valence-corrected chi connectivity index (χ3v) is 6.29. The fourth-order valence-electron chi connectivity index (χ4n) is 3.05. The molecule has 2 aromatic carbocycles. The minimum absolute atomic E-state index is 0.0313.